The van der Waals surface area contributed by atoms with Crippen LogP contribution in [0.1, 0.15) is 13.8 Å². The molecule has 0 unspecified atom stereocenters. The fourth-order valence-corrected chi connectivity index (χ4v) is 2.15. The number of ether oxygens (including phenoxy) is 1. The molecule has 7 heteroatoms. The highest BCUT2D eigenvalue weighted by atomic mass is 16.7. The van der Waals surface area contributed by atoms with Crippen molar-refractivity contribution in [3.8, 4) is 6.01 Å². The van der Waals surface area contributed by atoms with E-state index in [1.807, 2.05) is 27.0 Å². The lowest BCUT2D eigenvalue weighted by atomic mass is 9.80. The number of hydrogen-bond donors (Lipinski definition) is 0. The quantitative estimate of drug-likeness (QED) is 0.764. The normalized spacial score (nSPS) is 17.6. The third kappa shape index (κ3) is 1.86. The molecule has 0 spiro atoms. The third-order valence-corrected chi connectivity index (χ3v) is 3.47. The van der Waals surface area contributed by atoms with Crippen LogP contribution in [0.2, 0.25) is 0 Å². The Labute approximate surface area is 117 Å². The van der Waals surface area contributed by atoms with Gasteiger partial charge in [-0.15, -0.1) is 0 Å². The van der Waals surface area contributed by atoms with Crippen LogP contribution in [0.4, 0.5) is 0 Å². The van der Waals surface area contributed by atoms with E-state index < -0.39 is 12.7 Å². The third-order valence-electron chi connectivity index (χ3n) is 3.47. The van der Waals surface area contributed by atoms with Crippen LogP contribution < -0.4 is 10.2 Å². The van der Waals surface area contributed by atoms with Crippen LogP contribution in [-0.4, -0.2) is 34.4 Å². The van der Waals surface area contributed by atoms with Crippen molar-refractivity contribution in [3.63, 3.8) is 0 Å². The minimum atomic E-state index is -0.499. The van der Waals surface area contributed by atoms with Gasteiger partial charge in [0.25, 0.3) is 6.01 Å². The fourth-order valence-electron chi connectivity index (χ4n) is 2.15. The van der Waals surface area contributed by atoms with E-state index in [4.69, 9.17) is 14.0 Å². The van der Waals surface area contributed by atoms with Gasteiger partial charge in [-0.2, -0.15) is 4.98 Å². The molecule has 1 aliphatic rings. The number of aromatic nitrogens is 3. The number of aryl methyl sites for hydroxylation is 1. The molecular weight excluding hydrogens is 257 g/mol. The van der Waals surface area contributed by atoms with E-state index in [0.717, 1.165) is 16.6 Å². The molecule has 2 aromatic rings. The Kier molecular flexibility index (Phi) is 2.76. The number of hydrogen-bond acceptors (Lipinski definition) is 5. The van der Waals surface area contributed by atoms with Gasteiger partial charge in [-0.05, 0) is 19.9 Å². The van der Waals surface area contributed by atoms with Gasteiger partial charge in [-0.1, -0.05) is 6.58 Å². The zero-order valence-electron chi connectivity index (χ0n) is 12.0. The summed E-state index contributed by atoms with van der Waals surface area (Å²) in [5.74, 6) is 0.612. The van der Waals surface area contributed by atoms with Crippen LogP contribution in [-0.2, 0) is 16.4 Å². The maximum atomic E-state index is 5.83. The Morgan fingerprint density at radius 2 is 2.20 bits per heavy atom. The summed E-state index contributed by atoms with van der Waals surface area (Å²) in [7, 11) is 2.94. The molecule has 3 rings (SSSR count). The zero-order chi connectivity index (χ0) is 14.5. The minimum absolute atomic E-state index is 0.498. The van der Waals surface area contributed by atoms with E-state index in [9.17, 15) is 0 Å². The summed E-state index contributed by atoms with van der Waals surface area (Å²) < 4.78 is 18.5. The number of rotatable bonds is 2. The van der Waals surface area contributed by atoms with Crippen molar-refractivity contribution in [2.45, 2.75) is 19.4 Å². The second kappa shape index (κ2) is 4.24. The van der Waals surface area contributed by atoms with Crippen LogP contribution >= 0.6 is 0 Å². The average molecular weight is 273 g/mol. The van der Waals surface area contributed by atoms with E-state index in [2.05, 4.69) is 16.5 Å². The molecule has 0 aromatic carbocycles. The lowest BCUT2D eigenvalue weighted by Gasteiger charge is -2.15. The molecule has 0 saturated carbocycles. The lowest BCUT2D eigenvalue weighted by Crippen LogP contribution is -2.34. The number of nitrogens with zero attached hydrogens (tertiary/aromatic N) is 3. The molecule has 0 amide bonds. The van der Waals surface area contributed by atoms with Crippen LogP contribution in [0.3, 0.4) is 0 Å². The van der Waals surface area contributed by atoms with Crippen molar-refractivity contribution in [1.82, 2.24) is 14.5 Å². The average Bonchev–Trinajstić information content (AvgIpc) is 2.87. The summed E-state index contributed by atoms with van der Waals surface area (Å²) in [5.41, 5.74) is 1.80. The first kappa shape index (κ1) is 13.0. The minimum Gasteiger partial charge on any atom is -0.534 e. The van der Waals surface area contributed by atoms with Crippen molar-refractivity contribution in [2.24, 2.45) is 7.05 Å². The molecule has 1 aliphatic heterocycles. The highest BCUT2D eigenvalue weighted by molar-refractivity contribution is 6.62. The Bertz CT molecular complexity index is 695. The summed E-state index contributed by atoms with van der Waals surface area (Å²) in [6, 6.07) is 2.41. The molecule has 6 nitrogen and oxygen atoms in total. The standard InChI is InChI=1S/C13H16BN3O3/c1-8-13(2,3)20-14(19-8)9-6-10-11(15-7-9)17(4)12(16-10)18-5/h6-7H,1H2,2-5H3. The van der Waals surface area contributed by atoms with Gasteiger partial charge in [0.2, 0.25) is 0 Å². The summed E-state index contributed by atoms with van der Waals surface area (Å²) in [4.78, 5) is 8.76. The van der Waals surface area contributed by atoms with Gasteiger partial charge >= 0.3 is 7.12 Å². The van der Waals surface area contributed by atoms with Crippen molar-refractivity contribution in [3.05, 3.63) is 24.6 Å². The van der Waals surface area contributed by atoms with Gasteiger partial charge in [-0.25, -0.2) is 4.98 Å². The first-order valence-electron chi connectivity index (χ1n) is 6.32. The summed E-state index contributed by atoms with van der Waals surface area (Å²) in [6.07, 6.45) is 1.72. The van der Waals surface area contributed by atoms with Gasteiger partial charge in [0, 0.05) is 18.7 Å². The second-order valence-electron chi connectivity index (χ2n) is 5.27. The Morgan fingerprint density at radius 1 is 1.45 bits per heavy atom. The van der Waals surface area contributed by atoms with Gasteiger partial charge in [-0.3, -0.25) is 4.57 Å². The molecule has 1 saturated heterocycles. The first-order chi connectivity index (χ1) is 9.42. The van der Waals surface area contributed by atoms with Crippen LogP contribution in [0.25, 0.3) is 11.2 Å². The molecule has 2 aromatic heterocycles. The molecule has 0 aliphatic carbocycles. The first-order valence-corrected chi connectivity index (χ1v) is 6.32. The highest BCUT2D eigenvalue weighted by Crippen LogP contribution is 2.29. The van der Waals surface area contributed by atoms with Crippen LogP contribution in [0.15, 0.2) is 24.6 Å². The number of pyridine rings is 1. The SMILES string of the molecule is C=C1OB(c2cnc3c(c2)nc(OC)n3C)OC1(C)C. The predicted octanol–water partition coefficient (Wildman–Crippen LogP) is 1.01. The maximum Gasteiger partial charge on any atom is 0.565 e. The van der Waals surface area contributed by atoms with Crippen molar-refractivity contribution < 1.29 is 14.0 Å². The van der Waals surface area contributed by atoms with E-state index in [1.165, 1.54) is 0 Å². The number of imidazole rings is 1. The van der Waals surface area contributed by atoms with E-state index in [1.54, 1.807) is 17.9 Å². The van der Waals surface area contributed by atoms with Crippen molar-refractivity contribution in [1.29, 1.82) is 0 Å². The largest absolute Gasteiger partial charge is 0.565 e. The molecule has 0 radical (unpaired) electrons. The smallest absolute Gasteiger partial charge is 0.534 e. The zero-order valence-corrected chi connectivity index (χ0v) is 12.0. The topological polar surface area (TPSA) is 58.4 Å². The van der Waals surface area contributed by atoms with E-state index >= 15 is 0 Å². The molecule has 0 bridgehead atoms. The summed E-state index contributed by atoms with van der Waals surface area (Å²) in [6.45, 7) is 7.71. The molecule has 1 fully saturated rings. The summed E-state index contributed by atoms with van der Waals surface area (Å²) in [5, 5.41) is 0. The lowest BCUT2D eigenvalue weighted by molar-refractivity contribution is 0.173. The van der Waals surface area contributed by atoms with Gasteiger partial charge in [0.15, 0.2) is 5.65 Å². The Balaban J connectivity index is 2.00. The van der Waals surface area contributed by atoms with E-state index in [-0.39, 0.29) is 0 Å². The fraction of sp³-hybridized carbons (Fsp3) is 0.385. The van der Waals surface area contributed by atoms with Gasteiger partial charge < -0.3 is 14.0 Å². The van der Waals surface area contributed by atoms with Crippen LogP contribution in [0, 0.1) is 0 Å². The molecule has 0 N–H and O–H groups in total. The van der Waals surface area contributed by atoms with Crippen molar-refractivity contribution in [2.75, 3.05) is 7.11 Å². The molecule has 3 heterocycles. The van der Waals surface area contributed by atoms with Crippen molar-refractivity contribution >= 4 is 23.7 Å². The highest BCUT2D eigenvalue weighted by Gasteiger charge is 2.43. The van der Waals surface area contributed by atoms with E-state index in [0.29, 0.717) is 11.8 Å². The number of methoxy groups -OCH3 is 1. The van der Waals surface area contributed by atoms with Gasteiger partial charge in [0.1, 0.15) is 11.1 Å². The molecular formula is C13H16BN3O3. The van der Waals surface area contributed by atoms with Gasteiger partial charge in [0.05, 0.1) is 12.9 Å². The maximum absolute atomic E-state index is 5.83. The number of fused-ring (bicyclic) bond motifs is 1. The molecule has 104 valence electrons. The van der Waals surface area contributed by atoms with Crippen LogP contribution in [0.5, 0.6) is 6.01 Å². The molecule has 20 heavy (non-hydrogen) atoms. The predicted molar refractivity (Wildman–Crippen MR) is 75.8 cm³/mol. The monoisotopic (exact) mass is 273 g/mol. The Morgan fingerprint density at radius 3 is 2.80 bits per heavy atom. The molecule has 0 atom stereocenters. The Hall–Kier alpha value is -2.02. The second-order valence-corrected chi connectivity index (χ2v) is 5.27. The summed E-state index contributed by atoms with van der Waals surface area (Å²) >= 11 is 0.